The Morgan fingerprint density at radius 3 is 2.64 bits per heavy atom. The maximum Gasteiger partial charge on any atom is 0.277 e. The predicted molar refractivity (Wildman–Crippen MR) is 90.8 cm³/mol. The highest BCUT2D eigenvalue weighted by molar-refractivity contribution is 7.12. The highest BCUT2D eigenvalue weighted by Crippen LogP contribution is 2.25. The van der Waals surface area contributed by atoms with Crippen molar-refractivity contribution in [3.63, 3.8) is 0 Å². The maximum absolute atomic E-state index is 11.9. The number of hydrogen-bond acceptors (Lipinski definition) is 4. The molecule has 5 heteroatoms. The van der Waals surface area contributed by atoms with E-state index in [2.05, 4.69) is 10.5 Å². The number of thiophene rings is 1. The van der Waals surface area contributed by atoms with E-state index in [0.29, 0.717) is 0 Å². The smallest absolute Gasteiger partial charge is 0.277 e. The van der Waals surface area contributed by atoms with Gasteiger partial charge in [0.15, 0.2) is 6.61 Å². The molecule has 4 nitrogen and oxygen atoms in total. The van der Waals surface area contributed by atoms with Crippen molar-refractivity contribution in [1.29, 1.82) is 0 Å². The lowest BCUT2D eigenvalue weighted by atomic mass is 10.1. The average molecular weight is 316 g/mol. The molecular formula is C17H20N2O2S. The Labute approximate surface area is 134 Å². The molecule has 0 atom stereocenters. The predicted octanol–water partition coefficient (Wildman–Crippen LogP) is 3.59. The molecule has 1 N–H and O–H groups in total. The summed E-state index contributed by atoms with van der Waals surface area (Å²) in [5.41, 5.74) is 6.54. The summed E-state index contributed by atoms with van der Waals surface area (Å²) in [4.78, 5) is 12.9. The summed E-state index contributed by atoms with van der Waals surface area (Å²) in [6.45, 7) is 7.80. The fourth-order valence-electron chi connectivity index (χ4n) is 2.00. The number of carbonyl (C=O) groups is 1. The molecule has 0 radical (unpaired) electrons. The second-order valence-corrected chi connectivity index (χ2v) is 6.10. The molecule has 1 aromatic carbocycles. The van der Waals surface area contributed by atoms with E-state index in [1.807, 2.05) is 57.3 Å². The number of benzene rings is 1. The van der Waals surface area contributed by atoms with Gasteiger partial charge < -0.3 is 4.74 Å². The van der Waals surface area contributed by atoms with Crippen LogP contribution in [-0.4, -0.2) is 18.2 Å². The molecule has 0 spiro atoms. The van der Waals surface area contributed by atoms with E-state index < -0.39 is 0 Å². The normalized spacial score (nSPS) is 11.4. The van der Waals surface area contributed by atoms with Crippen LogP contribution in [0.4, 0.5) is 0 Å². The van der Waals surface area contributed by atoms with Crippen LogP contribution in [0.1, 0.15) is 28.5 Å². The maximum atomic E-state index is 11.9. The zero-order chi connectivity index (χ0) is 16.1. The molecule has 2 aromatic rings. The largest absolute Gasteiger partial charge is 0.483 e. The third-order valence-electron chi connectivity index (χ3n) is 3.45. The number of carbonyl (C=O) groups excluding carboxylic acids is 1. The SMILES string of the molecule is C/C(=N\NC(=O)COc1c(C)ccc(C)c1C)c1cccs1. The third kappa shape index (κ3) is 3.95. The van der Waals surface area contributed by atoms with Crippen molar-refractivity contribution in [2.45, 2.75) is 27.7 Å². The van der Waals surface area contributed by atoms with Gasteiger partial charge >= 0.3 is 0 Å². The molecule has 0 aliphatic carbocycles. The van der Waals surface area contributed by atoms with Crippen LogP contribution in [0.3, 0.4) is 0 Å². The first kappa shape index (κ1) is 16.2. The lowest BCUT2D eigenvalue weighted by Gasteiger charge is -2.13. The van der Waals surface area contributed by atoms with Crippen molar-refractivity contribution in [2.24, 2.45) is 5.10 Å². The van der Waals surface area contributed by atoms with E-state index in [1.165, 1.54) is 0 Å². The Balaban J connectivity index is 1.94. The van der Waals surface area contributed by atoms with Crippen LogP contribution < -0.4 is 10.2 Å². The monoisotopic (exact) mass is 316 g/mol. The number of rotatable bonds is 5. The van der Waals surface area contributed by atoms with Crippen LogP contribution in [0.25, 0.3) is 0 Å². The number of nitrogens with one attached hydrogen (secondary N) is 1. The van der Waals surface area contributed by atoms with Crippen molar-refractivity contribution >= 4 is 23.0 Å². The van der Waals surface area contributed by atoms with Gasteiger partial charge in [-0.2, -0.15) is 5.10 Å². The minimum absolute atomic E-state index is 0.0493. The fourth-order valence-corrected chi connectivity index (χ4v) is 2.68. The van der Waals surface area contributed by atoms with Crippen molar-refractivity contribution < 1.29 is 9.53 Å². The number of nitrogens with zero attached hydrogens (tertiary/aromatic N) is 1. The number of hydrogen-bond donors (Lipinski definition) is 1. The molecule has 0 bridgehead atoms. The first-order valence-electron chi connectivity index (χ1n) is 7.05. The van der Waals surface area contributed by atoms with Crippen LogP contribution in [0, 0.1) is 20.8 Å². The van der Waals surface area contributed by atoms with Crippen LogP contribution in [0.15, 0.2) is 34.7 Å². The van der Waals surface area contributed by atoms with Crippen molar-refractivity contribution in [1.82, 2.24) is 5.43 Å². The van der Waals surface area contributed by atoms with Crippen LogP contribution in [0.5, 0.6) is 5.75 Å². The van der Waals surface area contributed by atoms with Crippen LogP contribution in [0.2, 0.25) is 0 Å². The summed E-state index contributed by atoms with van der Waals surface area (Å²) < 4.78 is 5.65. The topological polar surface area (TPSA) is 50.7 Å². The van der Waals surface area contributed by atoms with Crippen molar-refractivity contribution in [2.75, 3.05) is 6.61 Å². The minimum Gasteiger partial charge on any atom is -0.483 e. The molecule has 0 aliphatic heterocycles. The summed E-state index contributed by atoms with van der Waals surface area (Å²) in [5.74, 6) is 0.505. The van der Waals surface area contributed by atoms with Gasteiger partial charge in [-0.3, -0.25) is 4.79 Å². The van der Waals surface area contributed by atoms with Crippen LogP contribution in [-0.2, 0) is 4.79 Å². The quantitative estimate of drug-likeness (QED) is 0.677. The Hall–Kier alpha value is -2.14. The summed E-state index contributed by atoms with van der Waals surface area (Å²) in [7, 11) is 0. The van der Waals surface area contributed by atoms with Gasteiger partial charge in [-0.15, -0.1) is 11.3 Å². The number of aryl methyl sites for hydroxylation is 2. The standard InChI is InChI=1S/C17H20N2O2S/c1-11-7-8-12(2)17(13(11)3)21-10-16(20)19-18-14(4)15-6-5-9-22-15/h5-9H,10H2,1-4H3,(H,19,20)/b18-14+. The Morgan fingerprint density at radius 2 is 1.95 bits per heavy atom. The zero-order valence-electron chi connectivity index (χ0n) is 13.3. The van der Waals surface area contributed by atoms with E-state index >= 15 is 0 Å². The number of amides is 1. The average Bonchev–Trinajstić information content (AvgIpc) is 3.03. The molecule has 1 heterocycles. The number of ether oxygens (including phenoxy) is 1. The summed E-state index contributed by atoms with van der Waals surface area (Å²) in [6, 6.07) is 7.96. The molecule has 1 aromatic heterocycles. The summed E-state index contributed by atoms with van der Waals surface area (Å²) in [6.07, 6.45) is 0. The van der Waals surface area contributed by atoms with Gasteiger partial charge in [0.05, 0.1) is 5.71 Å². The van der Waals surface area contributed by atoms with Gasteiger partial charge in [0.1, 0.15) is 5.75 Å². The molecule has 116 valence electrons. The fraction of sp³-hybridized carbons (Fsp3) is 0.294. The van der Waals surface area contributed by atoms with Crippen molar-refractivity contribution in [3.8, 4) is 5.75 Å². The highest BCUT2D eigenvalue weighted by Gasteiger charge is 2.09. The van der Waals surface area contributed by atoms with Gasteiger partial charge in [0.2, 0.25) is 0 Å². The van der Waals surface area contributed by atoms with E-state index in [1.54, 1.807) is 11.3 Å². The first-order valence-corrected chi connectivity index (χ1v) is 7.93. The van der Waals surface area contributed by atoms with Gasteiger partial charge in [0, 0.05) is 4.88 Å². The van der Waals surface area contributed by atoms with Gasteiger partial charge in [0.25, 0.3) is 5.91 Å². The van der Waals surface area contributed by atoms with E-state index in [4.69, 9.17) is 4.74 Å². The van der Waals surface area contributed by atoms with Gasteiger partial charge in [-0.25, -0.2) is 5.43 Å². The first-order chi connectivity index (χ1) is 10.5. The molecule has 1 amide bonds. The Kier molecular flexibility index (Phi) is 5.33. The molecule has 0 aliphatic rings. The minimum atomic E-state index is -0.267. The van der Waals surface area contributed by atoms with Crippen LogP contribution >= 0.6 is 11.3 Å². The second-order valence-electron chi connectivity index (χ2n) is 5.15. The third-order valence-corrected chi connectivity index (χ3v) is 4.43. The lowest BCUT2D eigenvalue weighted by molar-refractivity contribution is -0.123. The van der Waals surface area contributed by atoms with E-state index in [0.717, 1.165) is 33.0 Å². The Bertz CT molecular complexity index is 691. The molecule has 22 heavy (non-hydrogen) atoms. The van der Waals surface area contributed by atoms with E-state index in [9.17, 15) is 4.79 Å². The molecule has 2 rings (SSSR count). The van der Waals surface area contributed by atoms with Gasteiger partial charge in [-0.05, 0) is 55.8 Å². The molecular weight excluding hydrogens is 296 g/mol. The van der Waals surface area contributed by atoms with Crippen molar-refractivity contribution in [3.05, 3.63) is 51.2 Å². The lowest BCUT2D eigenvalue weighted by Crippen LogP contribution is -2.25. The summed E-state index contributed by atoms with van der Waals surface area (Å²) >= 11 is 1.59. The highest BCUT2D eigenvalue weighted by atomic mass is 32.1. The molecule has 0 saturated heterocycles. The second kappa shape index (κ2) is 7.22. The summed E-state index contributed by atoms with van der Waals surface area (Å²) in [5, 5.41) is 6.06. The molecule has 0 fully saturated rings. The zero-order valence-corrected chi connectivity index (χ0v) is 14.1. The number of hydrazone groups is 1. The van der Waals surface area contributed by atoms with E-state index in [-0.39, 0.29) is 12.5 Å². The molecule has 0 saturated carbocycles. The molecule has 0 unspecified atom stereocenters. The van der Waals surface area contributed by atoms with Gasteiger partial charge in [-0.1, -0.05) is 18.2 Å². The Morgan fingerprint density at radius 1 is 1.23 bits per heavy atom.